The summed E-state index contributed by atoms with van der Waals surface area (Å²) in [6, 6.07) is 11.7. The second-order valence-electron chi connectivity index (χ2n) is 5.43. The lowest BCUT2D eigenvalue weighted by Crippen LogP contribution is -2.34. The highest BCUT2D eigenvalue weighted by Crippen LogP contribution is 2.25. The second kappa shape index (κ2) is 8.44. The highest BCUT2D eigenvalue weighted by Gasteiger charge is 2.23. The summed E-state index contributed by atoms with van der Waals surface area (Å²) in [5.74, 6) is 0.0557. The number of methoxy groups -OCH3 is 1. The van der Waals surface area contributed by atoms with E-state index in [1.807, 2.05) is 48.2 Å². The lowest BCUT2D eigenvalue weighted by molar-refractivity contribution is 0.0682. The molecule has 0 radical (unpaired) electrons. The van der Waals surface area contributed by atoms with Crippen LogP contribution in [0.5, 0.6) is 0 Å². The Balaban J connectivity index is 2.23. The number of benzene rings is 1. The van der Waals surface area contributed by atoms with Gasteiger partial charge in [-0.05, 0) is 48.7 Å². The molecule has 2 rings (SSSR count). The van der Waals surface area contributed by atoms with Crippen molar-refractivity contribution in [3.8, 4) is 0 Å². The third-order valence-electron chi connectivity index (χ3n) is 3.97. The molecule has 23 heavy (non-hydrogen) atoms. The van der Waals surface area contributed by atoms with Gasteiger partial charge in [0.05, 0.1) is 12.6 Å². The first-order chi connectivity index (χ1) is 11.2. The smallest absolute Gasteiger partial charge is 0.254 e. The maximum Gasteiger partial charge on any atom is 0.254 e. The number of hydrogen-bond acceptors (Lipinski definition) is 3. The van der Waals surface area contributed by atoms with Gasteiger partial charge in [-0.2, -0.15) is 0 Å². The number of hydrogen-bond donors (Lipinski definition) is 0. The van der Waals surface area contributed by atoms with Crippen LogP contribution in [0.25, 0.3) is 0 Å². The van der Waals surface area contributed by atoms with E-state index in [0.717, 1.165) is 17.5 Å². The van der Waals surface area contributed by atoms with E-state index < -0.39 is 0 Å². The zero-order valence-electron chi connectivity index (χ0n) is 14.0. The molecule has 0 bridgehead atoms. The van der Waals surface area contributed by atoms with Crippen molar-refractivity contribution in [1.29, 1.82) is 0 Å². The van der Waals surface area contributed by atoms with Crippen molar-refractivity contribution < 1.29 is 9.53 Å². The Morgan fingerprint density at radius 2 is 1.78 bits per heavy atom. The molecule has 1 aromatic heterocycles. The Bertz CT molecular complexity index is 611. The van der Waals surface area contributed by atoms with E-state index in [2.05, 4.69) is 11.9 Å². The highest BCUT2D eigenvalue weighted by atomic mass is 16.5. The van der Waals surface area contributed by atoms with Crippen molar-refractivity contribution in [3.05, 3.63) is 65.5 Å². The third-order valence-corrected chi connectivity index (χ3v) is 3.97. The minimum absolute atomic E-state index is 0.0557. The van der Waals surface area contributed by atoms with Crippen LogP contribution in [0.4, 0.5) is 0 Å². The van der Waals surface area contributed by atoms with Crippen LogP contribution in [-0.4, -0.2) is 29.4 Å². The minimum Gasteiger partial charge on any atom is -0.380 e. The molecule has 0 aliphatic heterocycles. The van der Waals surface area contributed by atoms with Gasteiger partial charge in [0.2, 0.25) is 0 Å². The minimum atomic E-state index is 0.0557. The van der Waals surface area contributed by atoms with E-state index >= 15 is 0 Å². The molecule has 0 aliphatic carbocycles. The van der Waals surface area contributed by atoms with Crippen LogP contribution in [0.2, 0.25) is 0 Å². The van der Waals surface area contributed by atoms with Crippen LogP contribution in [0, 0.1) is 0 Å². The Morgan fingerprint density at radius 1 is 1.13 bits per heavy atom. The molecular formula is C19H24N2O2. The number of ether oxygens (including phenoxy) is 1. The van der Waals surface area contributed by atoms with E-state index in [0.29, 0.717) is 18.7 Å². The van der Waals surface area contributed by atoms with Gasteiger partial charge in [-0.25, -0.2) is 0 Å². The van der Waals surface area contributed by atoms with Gasteiger partial charge < -0.3 is 9.64 Å². The normalized spacial score (nSPS) is 12.0. The largest absolute Gasteiger partial charge is 0.380 e. The maximum absolute atomic E-state index is 12.9. The Hall–Kier alpha value is -2.20. The summed E-state index contributed by atoms with van der Waals surface area (Å²) in [5, 5.41) is 0. The monoisotopic (exact) mass is 312 g/mol. The highest BCUT2D eigenvalue weighted by molar-refractivity contribution is 5.94. The number of rotatable bonds is 7. The van der Waals surface area contributed by atoms with Crippen LogP contribution >= 0.6 is 0 Å². The number of nitrogens with zero attached hydrogens (tertiary/aromatic N) is 2. The van der Waals surface area contributed by atoms with Gasteiger partial charge in [-0.3, -0.25) is 9.78 Å². The lowest BCUT2D eigenvalue weighted by atomic mass is 10.0. The van der Waals surface area contributed by atoms with E-state index in [4.69, 9.17) is 4.74 Å². The Kier molecular flexibility index (Phi) is 6.29. The molecule has 0 saturated heterocycles. The van der Waals surface area contributed by atoms with Crippen molar-refractivity contribution in [2.45, 2.75) is 32.9 Å². The molecule has 122 valence electrons. The van der Waals surface area contributed by atoms with Crippen LogP contribution < -0.4 is 0 Å². The fraction of sp³-hybridized carbons (Fsp3) is 0.368. The van der Waals surface area contributed by atoms with Gasteiger partial charge in [0.25, 0.3) is 5.91 Å². The molecule has 1 atom stereocenters. The SMILES string of the molecule is CCC(c1ccncc1)N(CC)C(=O)c1ccc(COC)cc1. The van der Waals surface area contributed by atoms with E-state index in [1.165, 1.54) is 0 Å². The van der Waals surface area contributed by atoms with Crippen LogP contribution in [0.15, 0.2) is 48.8 Å². The molecule has 4 heteroatoms. The summed E-state index contributed by atoms with van der Waals surface area (Å²) >= 11 is 0. The van der Waals surface area contributed by atoms with Gasteiger partial charge in [0.1, 0.15) is 0 Å². The number of pyridine rings is 1. The number of amides is 1. The van der Waals surface area contributed by atoms with Gasteiger partial charge in [-0.15, -0.1) is 0 Å². The average molecular weight is 312 g/mol. The number of aromatic nitrogens is 1. The van der Waals surface area contributed by atoms with Crippen LogP contribution in [0.1, 0.15) is 47.8 Å². The Labute approximate surface area is 138 Å². The Morgan fingerprint density at radius 3 is 2.30 bits per heavy atom. The molecule has 0 saturated carbocycles. The van der Waals surface area contributed by atoms with Crippen LogP contribution in [-0.2, 0) is 11.3 Å². The van der Waals surface area contributed by atoms with Crippen molar-refractivity contribution in [3.63, 3.8) is 0 Å². The fourth-order valence-electron chi connectivity index (χ4n) is 2.80. The summed E-state index contributed by atoms with van der Waals surface area (Å²) in [5.41, 5.74) is 2.89. The molecule has 0 aliphatic rings. The van der Waals surface area contributed by atoms with Crippen LogP contribution in [0.3, 0.4) is 0 Å². The summed E-state index contributed by atoms with van der Waals surface area (Å²) in [4.78, 5) is 18.9. The first-order valence-electron chi connectivity index (χ1n) is 8.00. The van der Waals surface area contributed by atoms with Gasteiger partial charge >= 0.3 is 0 Å². The number of carbonyl (C=O) groups excluding carboxylic acids is 1. The van der Waals surface area contributed by atoms with E-state index in [1.54, 1.807) is 19.5 Å². The quantitative estimate of drug-likeness (QED) is 0.780. The third kappa shape index (κ3) is 4.17. The second-order valence-corrected chi connectivity index (χ2v) is 5.43. The molecule has 0 spiro atoms. The molecule has 1 heterocycles. The summed E-state index contributed by atoms with van der Waals surface area (Å²) in [7, 11) is 1.67. The standard InChI is InChI=1S/C19H24N2O2/c1-4-18(16-10-12-20-13-11-16)21(5-2)19(22)17-8-6-15(7-9-17)14-23-3/h6-13,18H,4-5,14H2,1-3H3. The molecule has 2 aromatic rings. The average Bonchev–Trinajstić information content (AvgIpc) is 2.60. The molecule has 1 aromatic carbocycles. The molecule has 0 N–H and O–H groups in total. The topological polar surface area (TPSA) is 42.4 Å². The number of carbonyl (C=O) groups is 1. The predicted octanol–water partition coefficient (Wildman–Crippen LogP) is 3.84. The molecular weight excluding hydrogens is 288 g/mol. The lowest BCUT2D eigenvalue weighted by Gasteiger charge is -2.30. The summed E-state index contributed by atoms with van der Waals surface area (Å²) in [6.45, 7) is 5.34. The molecule has 4 nitrogen and oxygen atoms in total. The zero-order valence-corrected chi connectivity index (χ0v) is 14.0. The predicted molar refractivity (Wildman–Crippen MR) is 91.1 cm³/mol. The van der Waals surface area contributed by atoms with Crippen molar-refractivity contribution in [2.75, 3.05) is 13.7 Å². The molecule has 0 fully saturated rings. The summed E-state index contributed by atoms with van der Waals surface area (Å²) in [6.07, 6.45) is 4.41. The zero-order chi connectivity index (χ0) is 16.7. The van der Waals surface area contributed by atoms with Gasteiger partial charge in [-0.1, -0.05) is 19.1 Å². The summed E-state index contributed by atoms with van der Waals surface area (Å²) < 4.78 is 5.11. The molecule has 1 amide bonds. The first-order valence-corrected chi connectivity index (χ1v) is 8.00. The van der Waals surface area contributed by atoms with Gasteiger partial charge in [0, 0.05) is 31.6 Å². The van der Waals surface area contributed by atoms with Gasteiger partial charge in [0.15, 0.2) is 0 Å². The van der Waals surface area contributed by atoms with Crippen molar-refractivity contribution in [1.82, 2.24) is 9.88 Å². The van der Waals surface area contributed by atoms with E-state index in [-0.39, 0.29) is 11.9 Å². The van der Waals surface area contributed by atoms with Crippen molar-refractivity contribution in [2.24, 2.45) is 0 Å². The van der Waals surface area contributed by atoms with Crippen molar-refractivity contribution >= 4 is 5.91 Å². The fourth-order valence-corrected chi connectivity index (χ4v) is 2.80. The van der Waals surface area contributed by atoms with E-state index in [9.17, 15) is 4.79 Å². The first kappa shape index (κ1) is 17.2. The maximum atomic E-state index is 12.9. The molecule has 1 unspecified atom stereocenters.